The molecule has 4 heteroatoms. The van der Waals surface area contributed by atoms with Crippen LogP contribution in [0.5, 0.6) is 11.5 Å². The van der Waals surface area contributed by atoms with Gasteiger partial charge < -0.3 is 15.9 Å². The monoisotopic (exact) mass is 250 g/mol. The number of hydrogen-bond donors (Lipinski definition) is 3. The fourth-order valence-electron chi connectivity index (χ4n) is 2.79. The van der Waals surface area contributed by atoms with Crippen LogP contribution < -0.4 is 5.73 Å². The van der Waals surface area contributed by atoms with Crippen molar-refractivity contribution in [2.75, 3.05) is 13.1 Å². The van der Waals surface area contributed by atoms with E-state index in [0.29, 0.717) is 12.6 Å². The first-order valence-corrected chi connectivity index (χ1v) is 6.61. The molecule has 1 aromatic carbocycles. The van der Waals surface area contributed by atoms with E-state index in [1.54, 1.807) is 6.07 Å². The van der Waals surface area contributed by atoms with E-state index < -0.39 is 0 Å². The van der Waals surface area contributed by atoms with E-state index >= 15 is 0 Å². The Morgan fingerprint density at radius 2 is 2.11 bits per heavy atom. The summed E-state index contributed by atoms with van der Waals surface area (Å²) in [4.78, 5) is 2.40. The second-order valence-corrected chi connectivity index (χ2v) is 5.08. The first kappa shape index (κ1) is 13.2. The molecule has 0 saturated carbocycles. The Morgan fingerprint density at radius 1 is 1.33 bits per heavy atom. The lowest BCUT2D eigenvalue weighted by Crippen LogP contribution is -2.43. The molecule has 0 radical (unpaired) electrons. The van der Waals surface area contributed by atoms with Crippen LogP contribution in [0.3, 0.4) is 0 Å². The maximum absolute atomic E-state index is 9.60. The lowest BCUT2D eigenvalue weighted by atomic mass is 9.97. The number of piperidine rings is 1. The summed E-state index contributed by atoms with van der Waals surface area (Å²) in [5.74, 6) is -0.156. The SMILES string of the molecule is CC1CCCCN1C(CN)c1ccc(O)c(O)c1. The van der Waals surface area contributed by atoms with E-state index in [2.05, 4.69) is 11.8 Å². The van der Waals surface area contributed by atoms with E-state index in [4.69, 9.17) is 5.73 Å². The molecule has 100 valence electrons. The summed E-state index contributed by atoms with van der Waals surface area (Å²) in [6.45, 7) is 3.79. The minimum absolute atomic E-state index is 0.0735. The first-order chi connectivity index (χ1) is 8.63. The van der Waals surface area contributed by atoms with E-state index in [0.717, 1.165) is 12.1 Å². The molecule has 1 aliphatic heterocycles. The van der Waals surface area contributed by atoms with Gasteiger partial charge >= 0.3 is 0 Å². The highest BCUT2D eigenvalue weighted by atomic mass is 16.3. The van der Waals surface area contributed by atoms with Crippen LogP contribution in [0, 0.1) is 0 Å². The lowest BCUT2D eigenvalue weighted by Gasteiger charge is -2.39. The molecular weight excluding hydrogens is 228 g/mol. The standard InChI is InChI=1S/C14H22N2O2/c1-10-4-2-3-7-16(10)12(9-15)11-5-6-13(17)14(18)8-11/h5-6,8,10,12,17-18H,2-4,7,9,15H2,1H3. The molecule has 4 nitrogen and oxygen atoms in total. The summed E-state index contributed by atoms with van der Waals surface area (Å²) >= 11 is 0. The molecular formula is C14H22N2O2. The van der Waals surface area contributed by atoms with Gasteiger partial charge in [-0.05, 0) is 44.0 Å². The molecule has 0 amide bonds. The molecule has 2 atom stereocenters. The Bertz CT molecular complexity index is 409. The summed E-state index contributed by atoms with van der Waals surface area (Å²) in [7, 11) is 0. The highest BCUT2D eigenvalue weighted by Gasteiger charge is 2.26. The minimum Gasteiger partial charge on any atom is -0.504 e. The van der Waals surface area contributed by atoms with Gasteiger partial charge in [0.1, 0.15) is 0 Å². The molecule has 2 unspecified atom stereocenters. The Balaban J connectivity index is 2.23. The molecule has 1 fully saturated rings. The van der Waals surface area contributed by atoms with Crippen molar-refractivity contribution in [1.82, 2.24) is 4.90 Å². The van der Waals surface area contributed by atoms with Gasteiger partial charge in [-0.1, -0.05) is 12.5 Å². The van der Waals surface area contributed by atoms with Crippen LogP contribution in [-0.2, 0) is 0 Å². The molecule has 0 spiro atoms. The highest BCUT2D eigenvalue weighted by Crippen LogP contribution is 2.32. The highest BCUT2D eigenvalue weighted by molar-refractivity contribution is 5.41. The van der Waals surface area contributed by atoms with Crippen LogP contribution in [0.25, 0.3) is 0 Å². The van der Waals surface area contributed by atoms with Gasteiger partial charge in [-0.15, -0.1) is 0 Å². The number of hydrogen-bond acceptors (Lipinski definition) is 4. The largest absolute Gasteiger partial charge is 0.504 e. The molecule has 2 rings (SSSR count). The average Bonchev–Trinajstić information content (AvgIpc) is 2.37. The smallest absolute Gasteiger partial charge is 0.157 e. The van der Waals surface area contributed by atoms with Crippen LogP contribution >= 0.6 is 0 Å². The van der Waals surface area contributed by atoms with Crippen molar-refractivity contribution in [3.63, 3.8) is 0 Å². The minimum atomic E-state index is -0.0822. The van der Waals surface area contributed by atoms with Crippen molar-refractivity contribution in [3.05, 3.63) is 23.8 Å². The van der Waals surface area contributed by atoms with Gasteiger partial charge in [-0.3, -0.25) is 4.90 Å². The molecule has 0 aromatic heterocycles. The van der Waals surface area contributed by atoms with E-state index in [1.165, 1.54) is 25.3 Å². The molecule has 4 N–H and O–H groups in total. The van der Waals surface area contributed by atoms with Crippen molar-refractivity contribution < 1.29 is 10.2 Å². The Hall–Kier alpha value is -1.26. The second kappa shape index (κ2) is 5.59. The fraction of sp³-hybridized carbons (Fsp3) is 0.571. The normalized spacial score (nSPS) is 22.9. The maximum Gasteiger partial charge on any atom is 0.157 e. The zero-order valence-electron chi connectivity index (χ0n) is 10.8. The Kier molecular flexibility index (Phi) is 4.09. The number of nitrogens with zero attached hydrogens (tertiary/aromatic N) is 1. The van der Waals surface area contributed by atoms with Crippen molar-refractivity contribution >= 4 is 0 Å². The third-order valence-corrected chi connectivity index (χ3v) is 3.86. The predicted molar refractivity (Wildman–Crippen MR) is 71.6 cm³/mol. The predicted octanol–water partition coefficient (Wildman–Crippen LogP) is 1.97. The molecule has 18 heavy (non-hydrogen) atoms. The van der Waals surface area contributed by atoms with Crippen molar-refractivity contribution in [3.8, 4) is 11.5 Å². The van der Waals surface area contributed by atoms with Gasteiger partial charge in [-0.25, -0.2) is 0 Å². The maximum atomic E-state index is 9.60. The molecule has 1 heterocycles. The summed E-state index contributed by atoms with van der Waals surface area (Å²) < 4.78 is 0. The molecule has 1 saturated heterocycles. The van der Waals surface area contributed by atoms with Gasteiger partial charge in [0.25, 0.3) is 0 Å². The zero-order valence-corrected chi connectivity index (χ0v) is 10.8. The van der Waals surface area contributed by atoms with Crippen molar-refractivity contribution in [1.29, 1.82) is 0 Å². The van der Waals surface area contributed by atoms with Gasteiger partial charge in [0.15, 0.2) is 11.5 Å². The van der Waals surface area contributed by atoms with Gasteiger partial charge in [0.2, 0.25) is 0 Å². The third-order valence-electron chi connectivity index (χ3n) is 3.86. The average molecular weight is 250 g/mol. The van der Waals surface area contributed by atoms with E-state index in [1.807, 2.05) is 6.07 Å². The summed E-state index contributed by atoms with van der Waals surface area (Å²) in [6.07, 6.45) is 3.67. The van der Waals surface area contributed by atoms with Gasteiger partial charge in [0.05, 0.1) is 0 Å². The number of phenols is 2. The number of likely N-dealkylation sites (tertiary alicyclic amines) is 1. The molecule has 1 aliphatic rings. The van der Waals surface area contributed by atoms with Crippen molar-refractivity contribution in [2.45, 2.75) is 38.3 Å². The first-order valence-electron chi connectivity index (χ1n) is 6.61. The van der Waals surface area contributed by atoms with Crippen LogP contribution in [0.1, 0.15) is 37.8 Å². The molecule has 0 bridgehead atoms. The number of aromatic hydroxyl groups is 2. The third kappa shape index (κ3) is 2.60. The van der Waals surface area contributed by atoms with E-state index in [-0.39, 0.29) is 17.5 Å². The zero-order chi connectivity index (χ0) is 13.1. The van der Waals surface area contributed by atoms with Crippen molar-refractivity contribution in [2.24, 2.45) is 5.73 Å². The quantitative estimate of drug-likeness (QED) is 0.717. The van der Waals surface area contributed by atoms with Gasteiger partial charge in [0, 0.05) is 18.6 Å². The summed E-state index contributed by atoms with van der Waals surface area (Å²) in [5.41, 5.74) is 6.87. The lowest BCUT2D eigenvalue weighted by molar-refractivity contribution is 0.109. The number of phenolic OH excluding ortho intramolecular Hbond substituents is 2. The number of benzene rings is 1. The van der Waals surface area contributed by atoms with Crippen LogP contribution in [-0.4, -0.2) is 34.2 Å². The fourth-order valence-corrected chi connectivity index (χ4v) is 2.79. The summed E-state index contributed by atoms with van der Waals surface area (Å²) in [6, 6.07) is 5.62. The molecule has 0 aliphatic carbocycles. The Labute approximate surface area is 108 Å². The topological polar surface area (TPSA) is 69.7 Å². The second-order valence-electron chi connectivity index (χ2n) is 5.08. The van der Waals surface area contributed by atoms with Crippen LogP contribution in [0.15, 0.2) is 18.2 Å². The number of rotatable bonds is 3. The summed E-state index contributed by atoms with van der Waals surface area (Å²) in [5, 5.41) is 19.0. The van der Waals surface area contributed by atoms with Crippen LogP contribution in [0.2, 0.25) is 0 Å². The van der Waals surface area contributed by atoms with Crippen LogP contribution in [0.4, 0.5) is 0 Å². The van der Waals surface area contributed by atoms with E-state index in [9.17, 15) is 10.2 Å². The Morgan fingerprint density at radius 3 is 2.72 bits per heavy atom. The number of nitrogens with two attached hydrogens (primary N) is 1. The molecule has 1 aromatic rings. The van der Waals surface area contributed by atoms with Gasteiger partial charge in [-0.2, -0.15) is 0 Å².